The second kappa shape index (κ2) is 3.58. The Morgan fingerprint density at radius 3 is 2.87 bits per heavy atom. The molecule has 1 saturated carbocycles. The zero-order chi connectivity index (χ0) is 11.1. The summed E-state index contributed by atoms with van der Waals surface area (Å²) >= 11 is 0. The topological polar surface area (TPSA) is 90.0 Å². The smallest absolute Gasteiger partial charge is 0.255 e. The minimum atomic E-state index is -3.69. The van der Waals surface area contributed by atoms with Gasteiger partial charge in [0.25, 0.3) is 10.0 Å². The van der Waals surface area contributed by atoms with E-state index >= 15 is 0 Å². The summed E-state index contributed by atoms with van der Waals surface area (Å²) in [5, 5.41) is 12.3. The van der Waals surface area contributed by atoms with Crippen molar-refractivity contribution in [1.29, 1.82) is 0 Å². The maximum Gasteiger partial charge on any atom is 0.255 e. The normalized spacial score (nSPS) is 16.9. The van der Waals surface area contributed by atoms with Gasteiger partial charge in [0.2, 0.25) is 0 Å². The van der Waals surface area contributed by atoms with Crippen LogP contribution >= 0.6 is 0 Å². The van der Waals surface area contributed by atoms with Crippen molar-refractivity contribution in [3.05, 3.63) is 11.8 Å². The Morgan fingerprint density at radius 1 is 1.67 bits per heavy atom. The van der Waals surface area contributed by atoms with Crippen molar-refractivity contribution in [2.45, 2.75) is 30.5 Å². The predicted molar refractivity (Wildman–Crippen MR) is 54.4 cm³/mol. The molecule has 6 nitrogen and oxygen atoms in total. The van der Waals surface area contributed by atoms with Crippen LogP contribution in [0, 0.1) is 0 Å². The van der Waals surface area contributed by atoms with Crippen molar-refractivity contribution in [1.82, 2.24) is 15.1 Å². The molecular formula is C8H14N4O2S. The lowest BCUT2D eigenvalue weighted by Gasteiger charge is -2.04. The molecule has 1 aliphatic rings. The highest BCUT2D eigenvalue weighted by atomic mass is 32.2. The maximum absolute atomic E-state index is 11.3. The molecule has 0 aliphatic heterocycles. The van der Waals surface area contributed by atoms with Crippen LogP contribution in [0.15, 0.2) is 11.2 Å². The summed E-state index contributed by atoms with van der Waals surface area (Å²) in [5.41, 5.74) is 0.631. The summed E-state index contributed by atoms with van der Waals surface area (Å²) in [4.78, 5) is 0. The lowest BCUT2D eigenvalue weighted by atomic mass is 10.3. The van der Waals surface area contributed by atoms with Gasteiger partial charge in [0.1, 0.15) is 0 Å². The number of aryl methyl sites for hydroxylation is 1. The predicted octanol–water partition coefficient (Wildman–Crippen LogP) is -0.680. The van der Waals surface area contributed by atoms with Crippen LogP contribution in [0.5, 0.6) is 0 Å². The van der Waals surface area contributed by atoms with Gasteiger partial charge in [-0.2, -0.15) is 5.10 Å². The van der Waals surface area contributed by atoms with Gasteiger partial charge < -0.3 is 5.32 Å². The second-order valence-corrected chi connectivity index (χ2v) is 5.28. The molecule has 0 bridgehead atoms. The minimum Gasteiger partial charge on any atom is -0.310 e. The Morgan fingerprint density at radius 2 is 2.33 bits per heavy atom. The number of hydrogen-bond donors (Lipinski definition) is 2. The summed E-state index contributed by atoms with van der Waals surface area (Å²) in [5.74, 6) is 0. The largest absolute Gasteiger partial charge is 0.310 e. The SMILES string of the molecule is Cn1ncc(CNC2CC2)c1S(N)(=O)=O. The van der Waals surface area contributed by atoms with E-state index in [1.165, 1.54) is 10.9 Å². The third-order valence-electron chi connectivity index (χ3n) is 2.38. The number of nitrogens with one attached hydrogen (secondary N) is 1. The molecule has 2 rings (SSSR count). The average molecular weight is 230 g/mol. The first kappa shape index (κ1) is 10.6. The van der Waals surface area contributed by atoms with Crippen molar-refractivity contribution in [3.63, 3.8) is 0 Å². The minimum absolute atomic E-state index is 0.0932. The zero-order valence-corrected chi connectivity index (χ0v) is 9.29. The molecule has 3 N–H and O–H groups in total. The van der Waals surface area contributed by atoms with Gasteiger partial charge in [0, 0.05) is 25.2 Å². The van der Waals surface area contributed by atoms with Crippen LogP contribution in [0.1, 0.15) is 18.4 Å². The Bertz CT molecular complexity index is 461. The van der Waals surface area contributed by atoms with Crippen molar-refractivity contribution in [2.75, 3.05) is 0 Å². The van der Waals surface area contributed by atoms with E-state index in [1.54, 1.807) is 7.05 Å². The molecule has 7 heteroatoms. The summed E-state index contributed by atoms with van der Waals surface area (Å²) in [7, 11) is -2.12. The number of aromatic nitrogens is 2. The zero-order valence-electron chi connectivity index (χ0n) is 8.47. The fourth-order valence-electron chi connectivity index (χ4n) is 1.50. The molecule has 1 aromatic heterocycles. The lowest BCUT2D eigenvalue weighted by molar-refractivity contribution is 0.572. The van der Waals surface area contributed by atoms with Crippen molar-refractivity contribution >= 4 is 10.0 Å². The molecule has 15 heavy (non-hydrogen) atoms. The van der Waals surface area contributed by atoms with Gasteiger partial charge in [0.15, 0.2) is 5.03 Å². The van der Waals surface area contributed by atoms with Gasteiger partial charge >= 0.3 is 0 Å². The number of nitrogens with zero attached hydrogens (tertiary/aromatic N) is 2. The van der Waals surface area contributed by atoms with Gasteiger partial charge in [0.05, 0.1) is 6.20 Å². The molecule has 1 aromatic rings. The highest BCUT2D eigenvalue weighted by Gasteiger charge is 2.23. The molecular weight excluding hydrogens is 216 g/mol. The molecule has 0 aromatic carbocycles. The van der Waals surface area contributed by atoms with Gasteiger partial charge in [-0.15, -0.1) is 0 Å². The molecule has 0 radical (unpaired) electrons. The van der Waals surface area contributed by atoms with Crippen LogP contribution in [0.3, 0.4) is 0 Å². The van der Waals surface area contributed by atoms with E-state index in [2.05, 4.69) is 10.4 Å². The first-order chi connectivity index (χ1) is 6.98. The third kappa shape index (κ3) is 2.36. The fourth-order valence-corrected chi connectivity index (χ4v) is 2.41. The van der Waals surface area contributed by atoms with Gasteiger partial charge in [-0.1, -0.05) is 0 Å². The van der Waals surface area contributed by atoms with Crippen molar-refractivity contribution in [3.8, 4) is 0 Å². The van der Waals surface area contributed by atoms with Crippen LogP contribution in [-0.2, 0) is 23.6 Å². The number of hydrogen-bond acceptors (Lipinski definition) is 4. The summed E-state index contributed by atoms with van der Waals surface area (Å²) in [6.45, 7) is 0.504. The van der Waals surface area contributed by atoms with Crippen LogP contribution < -0.4 is 10.5 Å². The molecule has 0 unspecified atom stereocenters. The number of nitrogens with two attached hydrogens (primary N) is 1. The van der Waals surface area contributed by atoms with Crippen LogP contribution in [0.4, 0.5) is 0 Å². The highest BCUT2D eigenvalue weighted by molar-refractivity contribution is 7.89. The van der Waals surface area contributed by atoms with E-state index in [-0.39, 0.29) is 5.03 Å². The molecule has 84 valence electrons. The summed E-state index contributed by atoms with van der Waals surface area (Å²) in [6.07, 6.45) is 3.85. The molecule has 1 heterocycles. The highest BCUT2D eigenvalue weighted by Crippen LogP contribution is 2.20. The Kier molecular flexibility index (Phi) is 2.53. The molecule has 1 fully saturated rings. The third-order valence-corrected chi connectivity index (χ3v) is 3.45. The quantitative estimate of drug-likeness (QED) is 0.717. The van der Waals surface area contributed by atoms with E-state index < -0.39 is 10.0 Å². The Balaban J connectivity index is 2.22. The van der Waals surface area contributed by atoms with E-state index in [0.29, 0.717) is 18.2 Å². The number of sulfonamides is 1. The van der Waals surface area contributed by atoms with Gasteiger partial charge in [-0.05, 0) is 12.8 Å². The van der Waals surface area contributed by atoms with E-state index in [4.69, 9.17) is 5.14 Å². The summed E-state index contributed by atoms with van der Waals surface area (Å²) < 4.78 is 23.9. The Labute approximate surface area is 88.5 Å². The fraction of sp³-hybridized carbons (Fsp3) is 0.625. The van der Waals surface area contributed by atoms with Crippen LogP contribution in [0.25, 0.3) is 0 Å². The van der Waals surface area contributed by atoms with E-state index in [0.717, 1.165) is 12.8 Å². The average Bonchev–Trinajstić information content (AvgIpc) is 2.85. The molecule has 0 spiro atoms. The van der Waals surface area contributed by atoms with E-state index in [1.807, 2.05) is 0 Å². The first-order valence-electron chi connectivity index (χ1n) is 4.75. The number of primary sulfonamides is 1. The van der Waals surface area contributed by atoms with Crippen molar-refractivity contribution < 1.29 is 8.42 Å². The standard InChI is InChI=1S/C8H14N4O2S/c1-12-8(15(9,13)14)6(5-11-12)4-10-7-2-3-7/h5,7,10H,2-4H2,1H3,(H2,9,13,14). The monoisotopic (exact) mass is 230 g/mol. The molecule has 0 amide bonds. The first-order valence-corrected chi connectivity index (χ1v) is 6.30. The molecule has 0 saturated heterocycles. The van der Waals surface area contributed by atoms with Crippen LogP contribution in [0.2, 0.25) is 0 Å². The number of rotatable bonds is 4. The van der Waals surface area contributed by atoms with Gasteiger partial charge in [-0.3, -0.25) is 4.68 Å². The van der Waals surface area contributed by atoms with Gasteiger partial charge in [-0.25, -0.2) is 13.6 Å². The van der Waals surface area contributed by atoms with Crippen molar-refractivity contribution in [2.24, 2.45) is 12.2 Å². The van der Waals surface area contributed by atoms with Crippen LogP contribution in [-0.4, -0.2) is 24.2 Å². The summed E-state index contributed by atoms with van der Waals surface area (Å²) in [6, 6.07) is 0.526. The maximum atomic E-state index is 11.3. The second-order valence-electron chi connectivity index (χ2n) is 3.80. The van der Waals surface area contributed by atoms with E-state index in [9.17, 15) is 8.42 Å². The lowest BCUT2D eigenvalue weighted by Crippen LogP contribution is -2.21. The Hall–Kier alpha value is -0.920. The molecule has 1 aliphatic carbocycles. The molecule has 0 atom stereocenters.